The number of thiazole rings is 1. The van der Waals surface area contributed by atoms with Gasteiger partial charge in [0, 0.05) is 15.7 Å². The van der Waals surface area contributed by atoms with Gasteiger partial charge in [0.1, 0.15) is 16.0 Å². The molecule has 6 heteroatoms. The third kappa shape index (κ3) is 4.05. The predicted octanol–water partition coefficient (Wildman–Crippen LogP) is 5.20. The number of carbonyl (C=O) groups is 1. The van der Waals surface area contributed by atoms with Crippen LogP contribution in [-0.4, -0.2) is 22.8 Å². The number of carbonyl (C=O) groups excluding carboxylic acids is 1. The molecule has 0 radical (unpaired) electrons. The molecule has 4 nitrogen and oxygen atoms in total. The molecule has 3 rings (SSSR count). The summed E-state index contributed by atoms with van der Waals surface area (Å²) in [5.74, 6) is -0.335. The first-order valence-corrected chi connectivity index (χ1v) is 10.2. The minimum atomic E-state index is -0.335. The molecule has 1 saturated carbocycles. The second-order valence-electron chi connectivity index (χ2n) is 6.00. The second-order valence-corrected chi connectivity index (χ2v) is 8.34. The molecule has 0 amide bonds. The Morgan fingerprint density at radius 2 is 2.20 bits per heavy atom. The first kappa shape index (κ1) is 18.0. The van der Waals surface area contributed by atoms with Gasteiger partial charge in [0.05, 0.1) is 17.9 Å². The summed E-state index contributed by atoms with van der Waals surface area (Å²) in [6.45, 7) is 3.94. The minimum Gasteiger partial charge on any atom is -0.462 e. The molecule has 1 fully saturated rings. The Labute approximate surface area is 156 Å². The van der Waals surface area contributed by atoms with E-state index in [2.05, 4.69) is 11.1 Å². The van der Waals surface area contributed by atoms with Gasteiger partial charge in [-0.2, -0.15) is 5.26 Å². The summed E-state index contributed by atoms with van der Waals surface area (Å²) in [5, 5.41) is 10.9. The Kier molecular flexibility index (Phi) is 5.77. The molecule has 1 aromatic heterocycles. The van der Waals surface area contributed by atoms with E-state index in [0.29, 0.717) is 28.0 Å². The van der Waals surface area contributed by atoms with Gasteiger partial charge in [0.15, 0.2) is 0 Å². The zero-order valence-electron chi connectivity index (χ0n) is 14.4. The third-order valence-electron chi connectivity index (χ3n) is 4.20. The number of hydrogen-bond donors (Lipinski definition) is 0. The van der Waals surface area contributed by atoms with Gasteiger partial charge in [-0.15, -0.1) is 23.1 Å². The Morgan fingerprint density at radius 1 is 1.44 bits per heavy atom. The maximum atomic E-state index is 12.0. The van der Waals surface area contributed by atoms with E-state index in [9.17, 15) is 10.1 Å². The van der Waals surface area contributed by atoms with Crippen LogP contribution in [0.15, 0.2) is 23.1 Å². The Morgan fingerprint density at radius 3 is 2.88 bits per heavy atom. The second kappa shape index (κ2) is 8.03. The van der Waals surface area contributed by atoms with Crippen LogP contribution in [0.1, 0.15) is 53.5 Å². The number of esters is 1. The molecule has 0 unspecified atom stereocenters. The smallest absolute Gasteiger partial charge is 0.350 e. The van der Waals surface area contributed by atoms with Gasteiger partial charge < -0.3 is 4.74 Å². The predicted molar refractivity (Wildman–Crippen MR) is 101 cm³/mol. The number of rotatable bonds is 5. The molecule has 0 N–H and O–H groups in total. The van der Waals surface area contributed by atoms with Crippen molar-refractivity contribution in [3.8, 4) is 16.6 Å². The van der Waals surface area contributed by atoms with Gasteiger partial charge >= 0.3 is 5.97 Å². The number of hydrogen-bond acceptors (Lipinski definition) is 6. The summed E-state index contributed by atoms with van der Waals surface area (Å²) in [4.78, 5) is 18.0. The number of nitrogens with zero attached hydrogens (tertiary/aromatic N) is 2. The van der Waals surface area contributed by atoms with Crippen LogP contribution in [0, 0.1) is 18.3 Å². The molecule has 0 saturated heterocycles. The van der Waals surface area contributed by atoms with E-state index in [1.807, 2.05) is 36.9 Å². The van der Waals surface area contributed by atoms with Gasteiger partial charge in [0.2, 0.25) is 0 Å². The molecular formula is C19H20N2O2S2. The molecule has 1 aromatic carbocycles. The molecule has 0 bridgehead atoms. The van der Waals surface area contributed by atoms with E-state index in [4.69, 9.17) is 4.74 Å². The lowest BCUT2D eigenvalue weighted by atomic mass is 10.1. The van der Waals surface area contributed by atoms with Crippen LogP contribution in [0.2, 0.25) is 0 Å². The summed E-state index contributed by atoms with van der Waals surface area (Å²) in [5.41, 5.74) is 2.22. The highest BCUT2D eigenvalue weighted by molar-refractivity contribution is 8.00. The molecule has 130 valence electrons. The maximum absolute atomic E-state index is 12.0. The van der Waals surface area contributed by atoms with Gasteiger partial charge in [-0.1, -0.05) is 18.9 Å². The molecular weight excluding hydrogens is 352 g/mol. The molecule has 1 heterocycles. The highest BCUT2D eigenvalue weighted by Crippen LogP contribution is 2.38. The van der Waals surface area contributed by atoms with Crippen LogP contribution in [0.5, 0.6) is 0 Å². The average Bonchev–Trinajstić information content (AvgIpc) is 3.25. The van der Waals surface area contributed by atoms with E-state index in [1.54, 1.807) is 6.92 Å². The summed E-state index contributed by atoms with van der Waals surface area (Å²) in [7, 11) is 0. The largest absolute Gasteiger partial charge is 0.462 e. The number of thioether (sulfide) groups is 1. The number of benzene rings is 1. The van der Waals surface area contributed by atoms with E-state index in [-0.39, 0.29) is 5.97 Å². The SMILES string of the molecule is CCOC(=O)c1sc(-c2ccc(SC3CCCC3)c(C#N)c2)nc1C. The highest BCUT2D eigenvalue weighted by atomic mass is 32.2. The Hall–Kier alpha value is -1.84. The van der Waals surface area contributed by atoms with Crippen LogP contribution >= 0.6 is 23.1 Å². The zero-order valence-corrected chi connectivity index (χ0v) is 16.0. The monoisotopic (exact) mass is 372 g/mol. The first-order valence-electron chi connectivity index (χ1n) is 8.48. The lowest BCUT2D eigenvalue weighted by Gasteiger charge is -2.10. The van der Waals surface area contributed by atoms with Crippen LogP contribution in [0.4, 0.5) is 0 Å². The fourth-order valence-electron chi connectivity index (χ4n) is 2.94. The molecule has 0 atom stereocenters. The Bertz CT molecular complexity index is 817. The van der Waals surface area contributed by atoms with Crippen molar-refractivity contribution < 1.29 is 9.53 Å². The van der Waals surface area contributed by atoms with Crippen molar-refractivity contribution in [1.29, 1.82) is 5.26 Å². The quantitative estimate of drug-likeness (QED) is 0.675. The fourth-order valence-corrected chi connectivity index (χ4v) is 5.21. The van der Waals surface area contributed by atoms with Crippen molar-refractivity contribution in [2.75, 3.05) is 6.61 Å². The van der Waals surface area contributed by atoms with Crippen LogP contribution < -0.4 is 0 Å². The van der Waals surface area contributed by atoms with Gasteiger partial charge in [-0.3, -0.25) is 0 Å². The van der Waals surface area contributed by atoms with E-state index in [1.165, 1.54) is 37.0 Å². The lowest BCUT2D eigenvalue weighted by molar-refractivity contribution is 0.0531. The van der Waals surface area contributed by atoms with E-state index < -0.39 is 0 Å². The van der Waals surface area contributed by atoms with Gasteiger partial charge in [0.25, 0.3) is 0 Å². The standard InChI is InChI=1S/C19H20N2O2S2/c1-3-23-19(22)17-12(2)21-18(25-17)13-8-9-16(14(10-13)11-20)24-15-6-4-5-7-15/h8-10,15H,3-7H2,1-2H3. The van der Waals surface area contributed by atoms with E-state index in [0.717, 1.165) is 15.5 Å². The molecule has 2 aromatic rings. The molecule has 1 aliphatic carbocycles. The highest BCUT2D eigenvalue weighted by Gasteiger charge is 2.20. The zero-order chi connectivity index (χ0) is 17.8. The maximum Gasteiger partial charge on any atom is 0.350 e. The van der Waals surface area contributed by atoms with Crippen molar-refractivity contribution in [2.45, 2.75) is 49.7 Å². The van der Waals surface area contributed by atoms with Crippen LogP contribution in [0.25, 0.3) is 10.6 Å². The topological polar surface area (TPSA) is 63.0 Å². The molecule has 0 aliphatic heterocycles. The third-order valence-corrected chi connectivity index (χ3v) is 6.80. The van der Waals surface area contributed by atoms with Gasteiger partial charge in [-0.25, -0.2) is 9.78 Å². The molecule has 25 heavy (non-hydrogen) atoms. The van der Waals surface area contributed by atoms with Crippen molar-refractivity contribution in [3.63, 3.8) is 0 Å². The normalized spacial score (nSPS) is 14.4. The minimum absolute atomic E-state index is 0.335. The van der Waals surface area contributed by atoms with Gasteiger partial charge in [-0.05, 0) is 38.8 Å². The van der Waals surface area contributed by atoms with E-state index >= 15 is 0 Å². The summed E-state index contributed by atoms with van der Waals surface area (Å²) in [6, 6.07) is 8.19. The number of aromatic nitrogens is 1. The van der Waals surface area contributed by atoms with Crippen LogP contribution in [-0.2, 0) is 4.74 Å². The number of aryl methyl sites for hydroxylation is 1. The van der Waals surface area contributed by atoms with Crippen LogP contribution in [0.3, 0.4) is 0 Å². The molecule has 1 aliphatic rings. The molecule has 0 spiro atoms. The Balaban J connectivity index is 1.87. The first-order chi connectivity index (χ1) is 12.1. The fraction of sp³-hybridized carbons (Fsp3) is 0.421. The lowest BCUT2D eigenvalue weighted by Crippen LogP contribution is -2.03. The average molecular weight is 373 g/mol. The summed E-state index contributed by atoms with van der Waals surface area (Å²) < 4.78 is 5.07. The summed E-state index contributed by atoms with van der Waals surface area (Å²) in [6.07, 6.45) is 5.02. The van der Waals surface area contributed by atoms with Crippen molar-refractivity contribution in [1.82, 2.24) is 4.98 Å². The van der Waals surface area contributed by atoms with Crippen molar-refractivity contribution in [3.05, 3.63) is 34.3 Å². The number of ether oxygens (including phenoxy) is 1. The number of nitriles is 1. The van der Waals surface area contributed by atoms with Crippen molar-refractivity contribution in [2.24, 2.45) is 0 Å². The van der Waals surface area contributed by atoms with Crippen molar-refractivity contribution >= 4 is 29.1 Å². The summed E-state index contributed by atoms with van der Waals surface area (Å²) >= 11 is 3.13.